The summed E-state index contributed by atoms with van der Waals surface area (Å²) >= 11 is 0. The van der Waals surface area contributed by atoms with E-state index in [4.69, 9.17) is 4.74 Å². The van der Waals surface area contributed by atoms with Gasteiger partial charge in [0.25, 0.3) is 0 Å². The van der Waals surface area contributed by atoms with E-state index in [-0.39, 0.29) is 12.3 Å². The number of nitrogens with zero attached hydrogens (tertiary/aromatic N) is 1. The number of carbonyl (C=O) groups excluding carboxylic acids is 1. The summed E-state index contributed by atoms with van der Waals surface area (Å²) in [4.78, 5) is 14.8. The fraction of sp³-hybridized carbons (Fsp3) is 0.650. The number of ether oxygens (including phenoxy) is 1. The largest absolute Gasteiger partial charge is 0.444 e. The predicted octanol–water partition coefficient (Wildman–Crippen LogP) is 4.16. The molecule has 1 heterocycles. The van der Waals surface area contributed by atoms with Gasteiger partial charge in [-0.05, 0) is 51.0 Å². The molecule has 0 bridgehead atoms. The van der Waals surface area contributed by atoms with E-state index in [1.54, 1.807) is 0 Å². The molecule has 24 heavy (non-hydrogen) atoms. The van der Waals surface area contributed by atoms with Crippen LogP contribution < -0.4 is 5.32 Å². The molecule has 0 aromatic heterocycles. The smallest absolute Gasteiger partial charge is 0.408 e. The van der Waals surface area contributed by atoms with E-state index in [1.807, 2.05) is 26.8 Å². The van der Waals surface area contributed by atoms with Crippen molar-refractivity contribution in [2.24, 2.45) is 11.8 Å². The summed E-state index contributed by atoms with van der Waals surface area (Å²) in [5.41, 5.74) is 0.839. The molecule has 1 aliphatic heterocycles. The second-order valence-electron chi connectivity index (χ2n) is 8.21. The van der Waals surface area contributed by atoms with Gasteiger partial charge in [-0.2, -0.15) is 0 Å². The molecule has 1 amide bonds. The summed E-state index contributed by atoms with van der Waals surface area (Å²) in [5.74, 6) is 1.25. The van der Waals surface area contributed by atoms with Crippen molar-refractivity contribution in [3.05, 3.63) is 35.9 Å². The van der Waals surface area contributed by atoms with Gasteiger partial charge in [0.05, 0.1) is 6.17 Å². The number of hydrogen-bond acceptors (Lipinski definition) is 3. The van der Waals surface area contributed by atoms with Crippen LogP contribution in [0.1, 0.15) is 52.0 Å². The topological polar surface area (TPSA) is 41.6 Å². The van der Waals surface area contributed by atoms with Gasteiger partial charge in [-0.1, -0.05) is 43.2 Å². The van der Waals surface area contributed by atoms with Crippen LogP contribution >= 0.6 is 0 Å². The fourth-order valence-electron chi connectivity index (χ4n) is 4.17. The molecule has 4 nitrogen and oxygen atoms in total. The number of carbonyl (C=O) groups is 1. The lowest BCUT2D eigenvalue weighted by molar-refractivity contribution is 0.0404. The molecular formula is C20H30N2O2. The van der Waals surface area contributed by atoms with Crippen molar-refractivity contribution in [3.63, 3.8) is 0 Å². The Morgan fingerprint density at radius 2 is 1.92 bits per heavy atom. The van der Waals surface area contributed by atoms with Gasteiger partial charge in [-0.25, -0.2) is 4.79 Å². The quantitative estimate of drug-likeness (QED) is 0.905. The van der Waals surface area contributed by atoms with Crippen molar-refractivity contribution in [1.29, 1.82) is 0 Å². The summed E-state index contributed by atoms with van der Waals surface area (Å²) in [6.07, 6.45) is 4.87. The van der Waals surface area contributed by atoms with Crippen LogP contribution in [0.25, 0.3) is 0 Å². The molecule has 1 N–H and O–H groups in total. The number of amides is 1. The average molecular weight is 330 g/mol. The van der Waals surface area contributed by atoms with Crippen LogP contribution in [0.3, 0.4) is 0 Å². The van der Waals surface area contributed by atoms with Crippen LogP contribution in [0.2, 0.25) is 0 Å². The number of likely N-dealkylation sites (tertiary alicyclic amines) is 1. The van der Waals surface area contributed by atoms with Crippen LogP contribution in [-0.2, 0) is 11.3 Å². The van der Waals surface area contributed by atoms with Crippen LogP contribution in [0, 0.1) is 11.8 Å². The first kappa shape index (κ1) is 17.3. The van der Waals surface area contributed by atoms with Crippen molar-refractivity contribution >= 4 is 6.09 Å². The second-order valence-corrected chi connectivity index (χ2v) is 8.21. The zero-order valence-corrected chi connectivity index (χ0v) is 15.1. The van der Waals surface area contributed by atoms with Crippen molar-refractivity contribution in [1.82, 2.24) is 10.2 Å². The zero-order valence-electron chi connectivity index (χ0n) is 15.1. The minimum absolute atomic E-state index is 0.0883. The van der Waals surface area contributed by atoms with E-state index in [0.717, 1.165) is 13.1 Å². The van der Waals surface area contributed by atoms with E-state index in [0.29, 0.717) is 11.8 Å². The van der Waals surface area contributed by atoms with Gasteiger partial charge in [0.2, 0.25) is 0 Å². The molecule has 3 atom stereocenters. The van der Waals surface area contributed by atoms with E-state index in [2.05, 4.69) is 34.5 Å². The fourth-order valence-corrected chi connectivity index (χ4v) is 4.17. The maximum Gasteiger partial charge on any atom is 0.408 e. The van der Waals surface area contributed by atoms with Crippen molar-refractivity contribution in [3.8, 4) is 0 Å². The summed E-state index contributed by atoms with van der Waals surface area (Å²) in [6, 6.07) is 10.5. The highest BCUT2D eigenvalue weighted by molar-refractivity contribution is 5.68. The van der Waals surface area contributed by atoms with E-state index >= 15 is 0 Å². The Morgan fingerprint density at radius 1 is 1.21 bits per heavy atom. The number of hydrogen-bond donors (Lipinski definition) is 1. The Hall–Kier alpha value is -1.55. The summed E-state index contributed by atoms with van der Waals surface area (Å²) < 4.78 is 5.50. The van der Waals surface area contributed by atoms with E-state index in [1.165, 1.54) is 31.2 Å². The number of alkyl carbamates (subject to hydrolysis) is 1. The average Bonchev–Trinajstić information content (AvgIpc) is 2.84. The van der Waals surface area contributed by atoms with Gasteiger partial charge in [0.1, 0.15) is 5.60 Å². The Kier molecular flexibility index (Phi) is 5.14. The van der Waals surface area contributed by atoms with Crippen LogP contribution in [-0.4, -0.2) is 29.3 Å². The number of rotatable bonds is 3. The molecule has 2 unspecified atom stereocenters. The third kappa shape index (κ3) is 4.29. The number of fused-ring (bicyclic) bond motifs is 1. The first-order chi connectivity index (χ1) is 11.4. The molecule has 2 aliphatic rings. The molecule has 1 aromatic carbocycles. The van der Waals surface area contributed by atoms with Crippen molar-refractivity contribution in [2.45, 2.75) is 64.8 Å². The van der Waals surface area contributed by atoms with Crippen molar-refractivity contribution < 1.29 is 9.53 Å². The SMILES string of the molecule is CC(C)(C)OC(=O)N[C@H]1C2CCCCC2CN1Cc1ccccc1. The molecule has 1 saturated carbocycles. The third-order valence-electron chi connectivity index (χ3n) is 5.13. The van der Waals surface area contributed by atoms with Crippen LogP contribution in [0.5, 0.6) is 0 Å². The lowest BCUT2D eigenvalue weighted by atomic mass is 9.80. The van der Waals surface area contributed by atoms with Crippen LogP contribution in [0.4, 0.5) is 4.79 Å². The Bertz CT molecular complexity index is 553. The minimum atomic E-state index is -0.459. The summed E-state index contributed by atoms with van der Waals surface area (Å²) in [7, 11) is 0. The third-order valence-corrected chi connectivity index (χ3v) is 5.13. The lowest BCUT2D eigenvalue weighted by Gasteiger charge is -2.32. The maximum absolute atomic E-state index is 12.3. The number of benzene rings is 1. The second kappa shape index (κ2) is 7.14. The monoisotopic (exact) mass is 330 g/mol. The van der Waals surface area contributed by atoms with Gasteiger partial charge < -0.3 is 10.1 Å². The first-order valence-electron chi connectivity index (χ1n) is 9.20. The molecule has 132 valence electrons. The van der Waals surface area contributed by atoms with Gasteiger partial charge in [0.15, 0.2) is 0 Å². The molecule has 2 fully saturated rings. The molecule has 0 spiro atoms. The minimum Gasteiger partial charge on any atom is -0.444 e. The summed E-state index contributed by atoms with van der Waals surface area (Å²) in [6.45, 7) is 7.68. The normalized spacial score (nSPS) is 27.5. The lowest BCUT2D eigenvalue weighted by Crippen LogP contribution is -2.49. The number of nitrogens with one attached hydrogen (secondary N) is 1. The molecule has 3 rings (SSSR count). The van der Waals surface area contributed by atoms with Gasteiger partial charge in [-0.3, -0.25) is 4.90 Å². The van der Waals surface area contributed by atoms with E-state index < -0.39 is 5.60 Å². The Morgan fingerprint density at radius 3 is 2.62 bits per heavy atom. The van der Waals surface area contributed by atoms with Crippen LogP contribution in [0.15, 0.2) is 30.3 Å². The molecule has 0 radical (unpaired) electrons. The summed E-state index contributed by atoms with van der Waals surface area (Å²) in [5, 5.41) is 3.17. The zero-order chi connectivity index (χ0) is 17.2. The Labute approximate surface area is 145 Å². The van der Waals surface area contributed by atoms with Gasteiger partial charge in [-0.15, -0.1) is 0 Å². The van der Waals surface area contributed by atoms with Crippen molar-refractivity contribution in [2.75, 3.05) is 6.54 Å². The molecule has 1 aliphatic carbocycles. The Balaban J connectivity index is 1.71. The highest BCUT2D eigenvalue weighted by atomic mass is 16.6. The maximum atomic E-state index is 12.3. The molecule has 1 saturated heterocycles. The molecular weight excluding hydrogens is 300 g/mol. The van der Waals surface area contributed by atoms with E-state index in [9.17, 15) is 4.79 Å². The van der Waals surface area contributed by atoms with Gasteiger partial charge in [0, 0.05) is 13.1 Å². The van der Waals surface area contributed by atoms with Gasteiger partial charge >= 0.3 is 6.09 Å². The highest BCUT2D eigenvalue weighted by Crippen LogP contribution is 2.40. The highest BCUT2D eigenvalue weighted by Gasteiger charge is 2.43. The molecule has 1 aromatic rings. The standard InChI is InChI=1S/C20H30N2O2/c1-20(2,3)24-19(23)21-18-17-12-8-7-11-16(17)14-22(18)13-15-9-5-4-6-10-15/h4-6,9-10,16-18H,7-8,11-14H2,1-3H3,(H,21,23)/t16?,17?,18-/m1/s1. The predicted molar refractivity (Wildman–Crippen MR) is 95.5 cm³/mol. The molecule has 4 heteroatoms. The first-order valence-corrected chi connectivity index (χ1v) is 9.20.